The summed E-state index contributed by atoms with van der Waals surface area (Å²) in [6.45, 7) is 0.593. The molecule has 0 aliphatic carbocycles. The summed E-state index contributed by atoms with van der Waals surface area (Å²) in [6.07, 6.45) is 0.789. The summed E-state index contributed by atoms with van der Waals surface area (Å²) in [4.78, 5) is 15.2. The number of rotatable bonds is 2. The minimum atomic E-state index is -0.256. The van der Waals surface area contributed by atoms with Crippen LogP contribution in [-0.2, 0) is 6.42 Å². The van der Waals surface area contributed by atoms with Crippen LogP contribution < -0.4 is 0 Å². The normalized spacial score (nSPS) is 16.1. The van der Waals surface area contributed by atoms with Gasteiger partial charge < -0.3 is 4.90 Å². The molecule has 3 aromatic carbocycles. The Morgan fingerprint density at radius 1 is 0.852 bits per heavy atom. The van der Waals surface area contributed by atoms with Gasteiger partial charge in [0.2, 0.25) is 0 Å². The van der Waals surface area contributed by atoms with E-state index in [0.717, 1.165) is 17.5 Å². The number of hydrogen-bond donors (Lipinski definition) is 0. The van der Waals surface area contributed by atoms with Gasteiger partial charge in [-0.1, -0.05) is 77.3 Å². The molecule has 5 heteroatoms. The molecule has 0 bridgehead atoms. The van der Waals surface area contributed by atoms with Crippen LogP contribution in [0.5, 0.6) is 0 Å². The number of amides is 1. The molecule has 1 heterocycles. The molecule has 0 fully saturated rings. The van der Waals surface area contributed by atoms with Crippen LogP contribution in [0, 0.1) is 0 Å². The molecular weight excluding hydrogens is 401 g/mol. The van der Waals surface area contributed by atoms with Crippen molar-refractivity contribution in [3.8, 4) is 0 Å². The van der Waals surface area contributed by atoms with E-state index in [2.05, 4.69) is 12.1 Å². The third kappa shape index (κ3) is 3.58. The first-order valence-electron chi connectivity index (χ1n) is 8.64. The van der Waals surface area contributed by atoms with E-state index in [0.29, 0.717) is 27.2 Å². The highest BCUT2D eigenvalue weighted by Crippen LogP contribution is 2.39. The topological polar surface area (TPSA) is 20.3 Å². The first-order valence-corrected chi connectivity index (χ1v) is 9.77. The predicted molar refractivity (Wildman–Crippen MR) is 111 cm³/mol. The van der Waals surface area contributed by atoms with Gasteiger partial charge in [-0.2, -0.15) is 0 Å². The quantitative estimate of drug-likeness (QED) is 0.471. The maximum Gasteiger partial charge on any atom is 0.254 e. The summed E-state index contributed by atoms with van der Waals surface area (Å²) < 4.78 is 0. The minimum Gasteiger partial charge on any atom is -0.327 e. The number of nitrogens with zero attached hydrogens (tertiary/aromatic N) is 1. The maximum atomic E-state index is 13.4. The zero-order chi connectivity index (χ0) is 19.0. The Balaban J connectivity index is 1.84. The minimum absolute atomic E-state index is 0.112. The van der Waals surface area contributed by atoms with E-state index in [9.17, 15) is 4.79 Å². The van der Waals surface area contributed by atoms with Crippen LogP contribution in [-0.4, -0.2) is 17.4 Å². The molecule has 2 nitrogen and oxygen atoms in total. The second-order valence-electron chi connectivity index (χ2n) is 6.53. The SMILES string of the molecule is O=C(c1cc(Cl)cc(Cl)c1)N1CCc2ccccc2C1c1ccccc1Cl. The average molecular weight is 417 g/mol. The molecule has 1 aliphatic heterocycles. The molecule has 0 spiro atoms. The molecule has 0 radical (unpaired) electrons. The second kappa shape index (κ2) is 7.55. The lowest BCUT2D eigenvalue weighted by molar-refractivity contribution is 0.0694. The van der Waals surface area contributed by atoms with Crippen molar-refractivity contribution in [2.75, 3.05) is 6.54 Å². The summed E-state index contributed by atoms with van der Waals surface area (Å²) in [6, 6.07) is 20.5. The lowest BCUT2D eigenvalue weighted by Gasteiger charge is -2.38. The number of carbonyl (C=O) groups is 1. The molecule has 0 saturated heterocycles. The molecule has 1 unspecified atom stereocenters. The van der Waals surface area contributed by atoms with Gasteiger partial charge in [0.15, 0.2) is 0 Å². The van der Waals surface area contributed by atoms with Gasteiger partial charge in [0, 0.05) is 27.2 Å². The molecule has 0 saturated carbocycles. The summed E-state index contributed by atoms with van der Waals surface area (Å²) >= 11 is 18.7. The number of benzene rings is 3. The van der Waals surface area contributed by atoms with E-state index < -0.39 is 0 Å². The maximum absolute atomic E-state index is 13.4. The number of halogens is 3. The van der Waals surface area contributed by atoms with Crippen molar-refractivity contribution in [1.82, 2.24) is 4.90 Å². The predicted octanol–water partition coefficient (Wildman–Crippen LogP) is 6.43. The largest absolute Gasteiger partial charge is 0.327 e. The van der Waals surface area contributed by atoms with Crippen LogP contribution in [0.3, 0.4) is 0 Å². The van der Waals surface area contributed by atoms with Gasteiger partial charge in [0.1, 0.15) is 0 Å². The average Bonchev–Trinajstić information content (AvgIpc) is 2.66. The third-order valence-corrected chi connectivity index (χ3v) is 5.63. The summed E-state index contributed by atoms with van der Waals surface area (Å²) in [7, 11) is 0. The second-order valence-corrected chi connectivity index (χ2v) is 7.81. The molecular formula is C22H16Cl3NO. The molecule has 3 aromatic rings. The van der Waals surface area contributed by atoms with Crippen LogP contribution in [0.4, 0.5) is 0 Å². The van der Waals surface area contributed by atoms with Gasteiger partial charge in [-0.3, -0.25) is 4.79 Å². The fraction of sp³-hybridized carbons (Fsp3) is 0.136. The first kappa shape index (κ1) is 18.4. The molecule has 27 heavy (non-hydrogen) atoms. The van der Waals surface area contributed by atoms with Crippen molar-refractivity contribution in [2.24, 2.45) is 0 Å². The number of carbonyl (C=O) groups excluding carboxylic acids is 1. The fourth-order valence-corrected chi connectivity index (χ4v) is 4.43. The third-order valence-electron chi connectivity index (χ3n) is 4.85. The lowest BCUT2D eigenvalue weighted by Crippen LogP contribution is -2.40. The van der Waals surface area contributed by atoms with Crippen molar-refractivity contribution in [3.05, 3.63) is 104 Å². The van der Waals surface area contributed by atoms with E-state index in [1.54, 1.807) is 18.2 Å². The number of fused-ring (bicyclic) bond motifs is 1. The zero-order valence-corrected chi connectivity index (χ0v) is 16.6. The Morgan fingerprint density at radius 3 is 2.19 bits per heavy atom. The van der Waals surface area contributed by atoms with E-state index >= 15 is 0 Å². The van der Waals surface area contributed by atoms with E-state index in [1.165, 1.54) is 5.56 Å². The monoisotopic (exact) mass is 415 g/mol. The zero-order valence-electron chi connectivity index (χ0n) is 14.3. The van der Waals surface area contributed by atoms with E-state index in [-0.39, 0.29) is 11.9 Å². The van der Waals surface area contributed by atoms with Crippen molar-refractivity contribution in [3.63, 3.8) is 0 Å². The van der Waals surface area contributed by atoms with Crippen molar-refractivity contribution >= 4 is 40.7 Å². The molecule has 1 aliphatic rings. The van der Waals surface area contributed by atoms with Gasteiger partial charge in [0.25, 0.3) is 5.91 Å². The Hall–Kier alpha value is -2.00. The highest BCUT2D eigenvalue weighted by Gasteiger charge is 2.33. The summed E-state index contributed by atoms with van der Waals surface area (Å²) in [5, 5.41) is 1.52. The molecule has 136 valence electrons. The van der Waals surface area contributed by atoms with Gasteiger partial charge in [-0.25, -0.2) is 0 Å². The Kier molecular flexibility index (Phi) is 5.14. The molecule has 1 amide bonds. The molecule has 4 rings (SSSR count). The summed E-state index contributed by atoms with van der Waals surface area (Å²) in [5.74, 6) is -0.112. The van der Waals surface area contributed by atoms with Crippen LogP contribution >= 0.6 is 34.8 Å². The van der Waals surface area contributed by atoms with E-state index in [4.69, 9.17) is 34.8 Å². The first-order chi connectivity index (χ1) is 13.0. The smallest absolute Gasteiger partial charge is 0.254 e. The van der Waals surface area contributed by atoms with Gasteiger partial charge in [-0.15, -0.1) is 0 Å². The van der Waals surface area contributed by atoms with Crippen LogP contribution in [0.1, 0.15) is 33.1 Å². The lowest BCUT2D eigenvalue weighted by atomic mass is 9.87. The number of hydrogen-bond acceptors (Lipinski definition) is 1. The highest BCUT2D eigenvalue weighted by molar-refractivity contribution is 6.35. The van der Waals surface area contributed by atoms with Gasteiger partial charge in [-0.05, 0) is 47.4 Å². The molecule has 1 atom stereocenters. The molecule has 0 N–H and O–H groups in total. The van der Waals surface area contributed by atoms with Crippen molar-refractivity contribution < 1.29 is 4.79 Å². The molecule has 0 aromatic heterocycles. The van der Waals surface area contributed by atoms with Crippen LogP contribution in [0.15, 0.2) is 66.7 Å². The standard InChI is InChI=1S/C22H16Cl3NO/c23-16-11-15(12-17(24)13-16)22(27)26-10-9-14-5-1-2-6-18(14)21(26)19-7-3-4-8-20(19)25/h1-8,11-13,21H,9-10H2. The Bertz CT molecular complexity index is 998. The Morgan fingerprint density at radius 2 is 1.48 bits per heavy atom. The van der Waals surface area contributed by atoms with Crippen LogP contribution in [0.2, 0.25) is 15.1 Å². The Labute approximate surface area is 173 Å². The van der Waals surface area contributed by atoms with Gasteiger partial charge >= 0.3 is 0 Å². The van der Waals surface area contributed by atoms with Crippen molar-refractivity contribution in [2.45, 2.75) is 12.5 Å². The van der Waals surface area contributed by atoms with Crippen LogP contribution in [0.25, 0.3) is 0 Å². The van der Waals surface area contributed by atoms with E-state index in [1.807, 2.05) is 41.3 Å². The highest BCUT2D eigenvalue weighted by atomic mass is 35.5. The van der Waals surface area contributed by atoms with Gasteiger partial charge in [0.05, 0.1) is 6.04 Å². The van der Waals surface area contributed by atoms with Crippen molar-refractivity contribution in [1.29, 1.82) is 0 Å². The fourth-order valence-electron chi connectivity index (χ4n) is 3.66. The summed E-state index contributed by atoms with van der Waals surface area (Å²) in [5.41, 5.74) is 3.71.